The zero-order chi connectivity index (χ0) is 18.2. The summed E-state index contributed by atoms with van der Waals surface area (Å²) in [7, 11) is 0. The zero-order valence-electron chi connectivity index (χ0n) is 15.3. The molecule has 0 amide bonds. The van der Waals surface area contributed by atoms with Crippen LogP contribution in [0.3, 0.4) is 0 Å². The lowest BCUT2D eigenvalue weighted by Gasteiger charge is -2.16. The Morgan fingerprint density at radius 1 is 1.08 bits per heavy atom. The standard InChI is InChI=1S/C18H24N6S/c1-12-10-13(2)24(22-12)15-8-6-14(7-9-15)11-25-17-21-20-16(23(17)19)18(3,4)5/h6-10H,11,19H2,1-5H3. The number of aromatic nitrogens is 5. The quantitative estimate of drug-likeness (QED) is 0.573. The smallest absolute Gasteiger partial charge is 0.210 e. The summed E-state index contributed by atoms with van der Waals surface area (Å²) in [5.41, 5.74) is 4.30. The van der Waals surface area contributed by atoms with Gasteiger partial charge in [0.1, 0.15) is 0 Å². The van der Waals surface area contributed by atoms with Crippen LogP contribution in [0.5, 0.6) is 0 Å². The van der Waals surface area contributed by atoms with E-state index in [0.29, 0.717) is 0 Å². The molecule has 0 radical (unpaired) electrons. The molecule has 0 bridgehead atoms. The Bertz CT molecular complexity index is 870. The zero-order valence-corrected chi connectivity index (χ0v) is 16.1. The minimum absolute atomic E-state index is 0.123. The number of nitrogens with zero attached hydrogens (tertiary/aromatic N) is 5. The molecule has 2 N–H and O–H groups in total. The minimum atomic E-state index is -0.123. The molecule has 0 spiro atoms. The molecule has 0 unspecified atom stereocenters. The highest BCUT2D eigenvalue weighted by atomic mass is 32.2. The molecule has 0 atom stereocenters. The predicted molar refractivity (Wildman–Crippen MR) is 101 cm³/mol. The molecule has 0 fully saturated rings. The van der Waals surface area contributed by atoms with Crippen LogP contribution >= 0.6 is 11.8 Å². The number of rotatable bonds is 4. The average molecular weight is 356 g/mol. The van der Waals surface area contributed by atoms with Crippen LogP contribution in [0, 0.1) is 13.8 Å². The van der Waals surface area contributed by atoms with Gasteiger partial charge in [-0.05, 0) is 37.6 Å². The van der Waals surface area contributed by atoms with E-state index in [0.717, 1.165) is 33.8 Å². The third kappa shape index (κ3) is 3.71. The topological polar surface area (TPSA) is 74.5 Å². The largest absolute Gasteiger partial charge is 0.336 e. The van der Waals surface area contributed by atoms with Gasteiger partial charge in [0.25, 0.3) is 0 Å². The average Bonchev–Trinajstić information content (AvgIpc) is 3.07. The summed E-state index contributed by atoms with van der Waals surface area (Å²) in [5.74, 6) is 7.71. The van der Waals surface area contributed by atoms with Gasteiger partial charge < -0.3 is 5.84 Å². The van der Waals surface area contributed by atoms with Gasteiger partial charge in [-0.2, -0.15) is 5.10 Å². The van der Waals surface area contributed by atoms with Crippen LogP contribution in [0.25, 0.3) is 5.69 Å². The normalized spacial score (nSPS) is 11.9. The van der Waals surface area contributed by atoms with Gasteiger partial charge in [-0.3, -0.25) is 0 Å². The number of nitrogen functional groups attached to an aromatic ring is 1. The Morgan fingerprint density at radius 3 is 2.28 bits per heavy atom. The van der Waals surface area contributed by atoms with Crippen LogP contribution in [0.1, 0.15) is 43.5 Å². The van der Waals surface area contributed by atoms with Crippen LogP contribution in [0.4, 0.5) is 0 Å². The van der Waals surface area contributed by atoms with Crippen molar-refractivity contribution in [1.82, 2.24) is 24.7 Å². The third-order valence-electron chi connectivity index (χ3n) is 3.89. The van der Waals surface area contributed by atoms with Crippen molar-refractivity contribution in [1.29, 1.82) is 0 Å². The van der Waals surface area contributed by atoms with Crippen molar-refractivity contribution in [3.05, 3.63) is 53.1 Å². The van der Waals surface area contributed by atoms with E-state index >= 15 is 0 Å². The van der Waals surface area contributed by atoms with Crippen molar-refractivity contribution >= 4 is 11.8 Å². The lowest BCUT2D eigenvalue weighted by Crippen LogP contribution is -2.24. The second-order valence-electron chi connectivity index (χ2n) is 7.22. The maximum absolute atomic E-state index is 6.13. The fourth-order valence-electron chi connectivity index (χ4n) is 2.66. The number of thioether (sulfide) groups is 1. The molecule has 3 rings (SSSR count). The van der Waals surface area contributed by atoms with E-state index in [1.165, 1.54) is 5.56 Å². The van der Waals surface area contributed by atoms with E-state index in [9.17, 15) is 0 Å². The number of nitrogens with two attached hydrogens (primary N) is 1. The Labute approximate surface area is 152 Å². The molecule has 0 saturated carbocycles. The van der Waals surface area contributed by atoms with E-state index in [4.69, 9.17) is 5.84 Å². The van der Waals surface area contributed by atoms with Crippen molar-refractivity contribution in [3.63, 3.8) is 0 Å². The summed E-state index contributed by atoms with van der Waals surface area (Å²) in [6, 6.07) is 10.5. The fraction of sp³-hybridized carbons (Fsp3) is 0.389. The molecule has 2 heterocycles. The first kappa shape index (κ1) is 17.5. The molecule has 0 saturated heterocycles. The van der Waals surface area contributed by atoms with Gasteiger partial charge >= 0.3 is 0 Å². The summed E-state index contributed by atoms with van der Waals surface area (Å²) in [6.07, 6.45) is 0. The number of aryl methyl sites for hydroxylation is 2. The highest BCUT2D eigenvalue weighted by Gasteiger charge is 2.22. The van der Waals surface area contributed by atoms with E-state index in [2.05, 4.69) is 73.3 Å². The SMILES string of the molecule is Cc1cc(C)n(-c2ccc(CSc3nnc(C(C)(C)C)n3N)cc2)n1. The molecule has 0 aliphatic rings. The van der Waals surface area contributed by atoms with Gasteiger partial charge in [0, 0.05) is 16.9 Å². The van der Waals surface area contributed by atoms with Gasteiger partial charge in [-0.15, -0.1) is 10.2 Å². The summed E-state index contributed by atoms with van der Waals surface area (Å²) in [6.45, 7) is 10.3. The van der Waals surface area contributed by atoms with E-state index in [1.807, 2.05) is 11.6 Å². The fourth-order valence-corrected chi connectivity index (χ4v) is 3.47. The summed E-state index contributed by atoms with van der Waals surface area (Å²) >= 11 is 1.59. The van der Waals surface area contributed by atoms with Crippen LogP contribution < -0.4 is 5.84 Å². The summed E-state index contributed by atoms with van der Waals surface area (Å²) < 4.78 is 3.55. The molecule has 2 aromatic heterocycles. The molecular formula is C18H24N6S. The number of benzene rings is 1. The first-order valence-corrected chi connectivity index (χ1v) is 9.20. The van der Waals surface area contributed by atoms with Gasteiger partial charge in [-0.1, -0.05) is 44.7 Å². The van der Waals surface area contributed by atoms with E-state index < -0.39 is 0 Å². The second kappa shape index (κ2) is 6.55. The Balaban J connectivity index is 1.71. The van der Waals surface area contributed by atoms with Crippen molar-refractivity contribution in [3.8, 4) is 5.69 Å². The monoisotopic (exact) mass is 356 g/mol. The van der Waals surface area contributed by atoms with Crippen molar-refractivity contribution in [2.75, 3.05) is 5.84 Å². The second-order valence-corrected chi connectivity index (χ2v) is 8.16. The highest BCUT2D eigenvalue weighted by Crippen LogP contribution is 2.25. The van der Waals surface area contributed by atoms with Crippen LogP contribution in [0.2, 0.25) is 0 Å². The molecule has 7 heteroatoms. The molecule has 25 heavy (non-hydrogen) atoms. The van der Waals surface area contributed by atoms with Gasteiger partial charge in [0.05, 0.1) is 11.4 Å². The van der Waals surface area contributed by atoms with Crippen molar-refractivity contribution in [2.24, 2.45) is 0 Å². The van der Waals surface area contributed by atoms with Crippen LogP contribution in [0.15, 0.2) is 35.5 Å². The number of hydrogen-bond donors (Lipinski definition) is 1. The molecule has 0 aliphatic carbocycles. The Morgan fingerprint density at radius 2 is 1.76 bits per heavy atom. The Kier molecular flexibility index (Phi) is 4.60. The predicted octanol–water partition coefficient (Wildman–Crippen LogP) is 3.38. The molecule has 0 aliphatic heterocycles. The summed E-state index contributed by atoms with van der Waals surface area (Å²) in [4.78, 5) is 0. The van der Waals surface area contributed by atoms with E-state index in [-0.39, 0.29) is 5.41 Å². The first-order chi connectivity index (χ1) is 11.8. The van der Waals surface area contributed by atoms with Crippen LogP contribution in [-0.4, -0.2) is 24.7 Å². The van der Waals surface area contributed by atoms with Crippen molar-refractivity contribution in [2.45, 2.75) is 50.9 Å². The van der Waals surface area contributed by atoms with Gasteiger partial charge in [0.2, 0.25) is 5.16 Å². The van der Waals surface area contributed by atoms with Crippen molar-refractivity contribution < 1.29 is 0 Å². The first-order valence-electron chi connectivity index (χ1n) is 8.22. The lowest BCUT2D eigenvalue weighted by molar-refractivity contribution is 0.523. The van der Waals surface area contributed by atoms with Gasteiger partial charge in [0.15, 0.2) is 5.82 Å². The summed E-state index contributed by atoms with van der Waals surface area (Å²) in [5, 5.41) is 13.7. The molecule has 1 aromatic carbocycles. The van der Waals surface area contributed by atoms with Crippen LogP contribution in [-0.2, 0) is 11.2 Å². The third-order valence-corrected chi connectivity index (χ3v) is 4.91. The lowest BCUT2D eigenvalue weighted by atomic mass is 9.96. The molecular weight excluding hydrogens is 332 g/mol. The van der Waals surface area contributed by atoms with E-state index in [1.54, 1.807) is 16.4 Å². The minimum Gasteiger partial charge on any atom is -0.336 e. The maximum Gasteiger partial charge on any atom is 0.210 e. The van der Waals surface area contributed by atoms with Gasteiger partial charge in [-0.25, -0.2) is 9.36 Å². The Hall–Kier alpha value is -2.28. The molecule has 132 valence electrons. The highest BCUT2D eigenvalue weighted by molar-refractivity contribution is 7.98. The molecule has 3 aromatic rings. The number of hydrogen-bond acceptors (Lipinski definition) is 5. The maximum atomic E-state index is 6.13. The molecule has 6 nitrogen and oxygen atoms in total.